The Balaban J connectivity index is 1.22. The molecule has 0 radical (unpaired) electrons. The number of benzene rings is 2. The molecule has 6 rings (SSSR count). The molecule has 0 bridgehead atoms. The van der Waals surface area contributed by atoms with Crippen molar-refractivity contribution in [1.29, 1.82) is 0 Å². The van der Waals surface area contributed by atoms with E-state index in [4.69, 9.17) is 4.52 Å². The number of nitrogens with zero attached hydrogens (tertiary/aromatic N) is 4. The average Bonchev–Trinajstić information content (AvgIpc) is 3.48. The lowest BCUT2D eigenvalue weighted by atomic mass is 10.0. The minimum Gasteiger partial charge on any atom is -0.348 e. The molecule has 0 unspecified atom stereocenters. The number of rotatable bonds is 8. The van der Waals surface area contributed by atoms with Crippen molar-refractivity contribution >= 4 is 28.6 Å². The third-order valence-corrected chi connectivity index (χ3v) is 6.28. The van der Waals surface area contributed by atoms with E-state index in [9.17, 15) is 9.59 Å². The maximum Gasteiger partial charge on any atom is 0.259 e. The van der Waals surface area contributed by atoms with Crippen molar-refractivity contribution in [1.82, 2.24) is 25.2 Å². The minimum absolute atomic E-state index is 0.123. The van der Waals surface area contributed by atoms with Crippen molar-refractivity contribution in [3.05, 3.63) is 95.9 Å². The molecule has 3 aromatic heterocycles. The number of hydrogen-bond acceptors (Lipinski definition) is 6. The summed E-state index contributed by atoms with van der Waals surface area (Å²) >= 11 is 0. The first-order chi connectivity index (χ1) is 18.1. The highest BCUT2D eigenvalue weighted by Gasteiger charge is 2.29. The normalized spacial score (nSPS) is 13.0. The molecule has 0 spiro atoms. The number of pyridine rings is 1. The minimum atomic E-state index is -0.234. The fourth-order valence-corrected chi connectivity index (χ4v) is 4.31. The Morgan fingerprint density at radius 3 is 2.68 bits per heavy atom. The van der Waals surface area contributed by atoms with Crippen LogP contribution in [0.15, 0.2) is 83.6 Å². The van der Waals surface area contributed by atoms with Gasteiger partial charge in [0.2, 0.25) is 5.91 Å². The monoisotopic (exact) mass is 492 g/mol. The molecule has 0 aliphatic heterocycles. The van der Waals surface area contributed by atoms with Crippen molar-refractivity contribution in [3.8, 4) is 11.3 Å². The van der Waals surface area contributed by atoms with Gasteiger partial charge in [-0.05, 0) is 42.7 Å². The summed E-state index contributed by atoms with van der Waals surface area (Å²) in [4.78, 5) is 30.4. The van der Waals surface area contributed by atoms with Crippen molar-refractivity contribution < 1.29 is 14.1 Å². The highest BCUT2D eigenvalue weighted by molar-refractivity contribution is 6.09. The predicted octanol–water partition coefficient (Wildman–Crippen LogP) is 4.53. The number of amides is 2. The second-order valence-electron chi connectivity index (χ2n) is 9.08. The molecular formula is C28H24N6O3. The maximum atomic E-state index is 13.5. The molecule has 1 saturated carbocycles. The lowest BCUT2D eigenvalue weighted by Gasteiger charge is -2.10. The van der Waals surface area contributed by atoms with Gasteiger partial charge in [0.1, 0.15) is 12.2 Å². The number of nitrogens with one attached hydrogen (secondary N) is 2. The van der Waals surface area contributed by atoms with Crippen molar-refractivity contribution in [2.24, 2.45) is 0 Å². The second-order valence-corrected chi connectivity index (χ2v) is 9.08. The highest BCUT2D eigenvalue weighted by Crippen LogP contribution is 2.41. The van der Waals surface area contributed by atoms with Crippen LogP contribution in [0.1, 0.15) is 40.4 Å². The SMILES string of the molecule is O=C(Cn1cccn1)Nc1cccc(CNC(=O)c2cc(C3CC3)nc3onc(-c4ccccc4)c23)c1. The predicted molar refractivity (Wildman–Crippen MR) is 138 cm³/mol. The van der Waals surface area contributed by atoms with Crippen molar-refractivity contribution in [2.45, 2.75) is 31.8 Å². The molecule has 2 aromatic carbocycles. The van der Waals surface area contributed by atoms with Crippen LogP contribution in [0, 0.1) is 0 Å². The van der Waals surface area contributed by atoms with E-state index in [2.05, 4.69) is 25.9 Å². The Labute approximate surface area is 212 Å². The first-order valence-corrected chi connectivity index (χ1v) is 12.1. The summed E-state index contributed by atoms with van der Waals surface area (Å²) in [7, 11) is 0. The summed E-state index contributed by atoms with van der Waals surface area (Å²) in [5, 5.41) is 14.8. The van der Waals surface area contributed by atoms with Crippen LogP contribution < -0.4 is 10.6 Å². The van der Waals surface area contributed by atoms with E-state index < -0.39 is 0 Å². The largest absolute Gasteiger partial charge is 0.348 e. The Hall–Kier alpha value is -4.79. The lowest BCUT2D eigenvalue weighted by Crippen LogP contribution is -2.23. The third kappa shape index (κ3) is 4.97. The fourth-order valence-electron chi connectivity index (χ4n) is 4.31. The molecule has 1 aliphatic rings. The Bertz CT molecular complexity index is 1570. The van der Waals surface area contributed by atoms with E-state index in [0.29, 0.717) is 34.0 Å². The summed E-state index contributed by atoms with van der Waals surface area (Å²) in [5.41, 5.74) is 4.68. The molecule has 5 aromatic rings. The summed E-state index contributed by atoms with van der Waals surface area (Å²) in [6.07, 6.45) is 5.47. The Kier molecular flexibility index (Phi) is 5.94. The van der Waals surface area contributed by atoms with Crippen LogP contribution in [0.5, 0.6) is 0 Å². The van der Waals surface area contributed by atoms with Gasteiger partial charge >= 0.3 is 0 Å². The number of hydrogen-bond donors (Lipinski definition) is 2. The van der Waals surface area contributed by atoms with Crippen LogP contribution in [0.2, 0.25) is 0 Å². The molecule has 2 N–H and O–H groups in total. The molecule has 184 valence electrons. The van der Waals surface area contributed by atoms with Gasteiger partial charge in [-0.25, -0.2) is 4.98 Å². The van der Waals surface area contributed by atoms with E-state index in [0.717, 1.165) is 29.7 Å². The first kappa shape index (κ1) is 22.7. The molecule has 1 fully saturated rings. The van der Waals surface area contributed by atoms with Gasteiger partial charge in [-0.2, -0.15) is 5.10 Å². The molecular weight excluding hydrogens is 468 g/mol. The van der Waals surface area contributed by atoms with E-state index in [1.54, 1.807) is 23.1 Å². The number of carbonyl (C=O) groups excluding carboxylic acids is 2. The van der Waals surface area contributed by atoms with Crippen molar-refractivity contribution in [3.63, 3.8) is 0 Å². The van der Waals surface area contributed by atoms with Gasteiger partial charge in [0.05, 0.1) is 10.9 Å². The summed E-state index contributed by atoms with van der Waals surface area (Å²) in [6.45, 7) is 0.411. The zero-order valence-electron chi connectivity index (χ0n) is 19.9. The number of fused-ring (bicyclic) bond motifs is 1. The van der Waals surface area contributed by atoms with Gasteiger partial charge in [-0.3, -0.25) is 14.3 Å². The molecule has 0 saturated heterocycles. The molecule has 9 heteroatoms. The standard InChI is InChI=1S/C28H24N6O3/c35-24(17-34-13-5-12-30-34)31-21-9-4-6-18(14-21)16-29-27(36)22-15-23(19-10-11-19)32-28-25(22)26(33-37-28)20-7-2-1-3-8-20/h1-9,12-15,19H,10-11,16-17H2,(H,29,36)(H,31,35). The van der Waals surface area contributed by atoms with Gasteiger partial charge in [0.25, 0.3) is 11.6 Å². The highest BCUT2D eigenvalue weighted by atomic mass is 16.5. The third-order valence-electron chi connectivity index (χ3n) is 6.28. The molecule has 2 amide bonds. The topological polar surface area (TPSA) is 115 Å². The fraction of sp³-hybridized carbons (Fsp3) is 0.179. The summed E-state index contributed by atoms with van der Waals surface area (Å²) in [6, 6.07) is 20.7. The second kappa shape index (κ2) is 9.69. The zero-order chi connectivity index (χ0) is 25.2. The molecule has 3 heterocycles. The first-order valence-electron chi connectivity index (χ1n) is 12.1. The lowest BCUT2D eigenvalue weighted by molar-refractivity contribution is -0.116. The number of aromatic nitrogens is 4. The van der Waals surface area contributed by atoms with Crippen LogP contribution in [-0.2, 0) is 17.9 Å². The molecule has 9 nitrogen and oxygen atoms in total. The van der Waals surface area contributed by atoms with E-state index in [-0.39, 0.29) is 24.9 Å². The van der Waals surface area contributed by atoms with Gasteiger partial charge in [-0.1, -0.05) is 47.6 Å². The average molecular weight is 493 g/mol. The number of carbonyl (C=O) groups is 2. The molecule has 1 aliphatic carbocycles. The van der Waals surface area contributed by atoms with E-state index in [1.165, 1.54) is 0 Å². The van der Waals surface area contributed by atoms with Crippen LogP contribution in [0.3, 0.4) is 0 Å². The van der Waals surface area contributed by atoms with Gasteiger partial charge in [0, 0.05) is 41.8 Å². The quantitative estimate of drug-likeness (QED) is 0.329. The van der Waals surface area contributed by atoms with Crippen molar-refractivity contribution in [2.75, 3.05) is 5.32 Å². The van der Waals surface area contributed by atoms with Crippen LogP contribution in [0.25, 0.3) is 22.4 Å². The van der Waals surface area contributed by atoms with Gasteiger partial charge < -0.3 is 15.2 Å². The molecule has 37 heavy (non-hydrogen) atoms. The van der Waals surface area contributed by atoms with E-state index >= 15 is 0 Å². The smallest absolute Gasteiger partial charge is 0.259 e. The zero-order valence-corrected chi connectivity index (χ0v) is 19.9. The summed E-state index contributed by atoms with van der Waals surface area (Å²) < 4.78 is 7.13. The van der Waals surface area contributed by atoms with Crippen LogP contribution in [-0.4, -0.2) is 31.7 Å². The Morgan fingerprint density at radius 2 is 1.89 bits per heavy atom. The van der Waals surface area contributed by atoms with Gasteiger partial charge in [-0.15, -0.1) is 0 Å². The Morgan fingerprint density at radius 1 is 1.03 bits per heavy atom. The number of anilines is 1. The van der Waals surface area contributed by atoms with E-state index in [1.807, 2.05) is 60.7 Å². The maximum absolute atomic E-state index is 13.5. The van der Waals surface area contributed by atoms with Gasteiger partial charge in [0.15, 0.2) is 0 Å². The summed E-state index contributed by atoms with van der Waals surface area (Å²) in [5.74, 6) is -0.0661. The molecule has 0 atom stereocenters. The van der Waals surface area contributed by atoms with Crippen LogP contribution >= 0.6 is 0 Å². The van der Waals surface area contributed by atoms with Crippen LogP contribution in [0.4, 0.5) is 5.69 Å².